The molecule has 0 bridgehead atoms. The minimum absolute atomic E-state index is 0.00384. The van der Waals surface area contributed by atoms with Crippen LogP contribution in [-0.2, 0) is 6.42 Å². The van der Waals surface area contributed by atoms with Gasteiger partial charge in [-0.2, -0.15) is 0 Å². The van der Waals surface area contributed by atoms with E-state index in [1.54, 1.807) is 0 Å². The van der Waals surface area contributed by atoms with Crippen LogP contribution in [0.25, 0.3) is 0 Å². The van der Waals surface area contributed by atoms with Crippen LogP contribution in [0.5, 0.6) is 0 Å². The predicted octanol–water partition coefficient (Wildman–Crippen LogP) is 2.34. The van der Waals surface area contributed by atoms with Gasteiger partial charge in [0.05, 0.1) is 0 Å². The Kier molecular flexibility index (Phi) is 7.57. The van der Waals surface area contributed by atoms with Crippen molar-refractivity contribution in [2.45, 2.75) is 19.3 Å². The highest BCUT2D eigenvalue weighted by Gasteiger charge is 2.10. The zero-order valence-corrected chi connectivity index (χ0v) is 9.54. The van der Waals surface area contributed by atoms with E-state index < -0.39 is 11.6 Å². The number of unbranched alkanes of at least 4 members (excludes halogenated alkanes) is 1. The average molecular weight is 240 g/mol. The van der Waals surface area contributed by atoms with Gasteiger partial charge in [-0.15, -0.1) is 12.3 Å². The number of carbonyl (C=O) groups excluding carboxylic acids is 1. The molecule has 0 heterocycles. The van der Waals surface area contributed by atoms with Crippen LogP contribution in [0.2, 0.25) is 0 Å². The fraction of sp³-hybridized carbons (Fsp3) is 0.308. The van der Waals surface area contributed by atoms with E-state index in [1.807, 2.05) is 0 Å². The summed E-state index contributed by atoms with van der Waals surface area (Å²) >= 11 is 0. The van der Waals surface area contributed by atoms with Crippen LogP contribution in [0.3, 0.4) is 0 Å². The van der Waals surface area contributed by atoms with Crippen molar-refractivity contribution in [3.8, 4) is 12.3 Å². The van der Waals surface area contributed by atoms with Crippen molar-refractivity contribution < 1.29 is 18.7 Å². The first-order valence-corrected chi connectivity index (χ1v) is 5.00. The Balaban J connectivity index is 0.00000121. The number of rotatable bonds is 4. The number of hydrogen-bond donors (Lipinski definition) is 1. The molecule has 17 heavy (non-hydrogen) atoms. The average Bonchev–Trinajstić information content (AvgIpc) is 2.35. The zero-order chi connectivity index (χ0) is 13.3. The van der Waals surface area contributed by atoms with E-state index in [0.717, 1.165) is 19.2 Å². The van der Waals surface area contributed by atoms with Gasteiger partial charge in [0.2, 0.25) is 0 Å². The smallest absolute Gasteiger partial charge is 0.150 e. The Bertz CT molecular complexity index is 385. The molecule has 0 aromatic heterocycles. The number of aliphatic hydroxyl groups is 1. The Morgan fingerprint density at radius 1 is 1.35 bits per heavy atom. The normalized spacial score (nSPS) is 8.88. The van der Waals surface area contributed by atoms with Crippen LogP contribution in [0.1, 0.15) is 28.8 Å². The summed E-state index contributed by atoms with van der Waals surface area (Å²) in [6, 6.07) is 2.06. The second kappa shape index (κ2) is 8.43. The molecule has 2 nitrogen and oxygen atoms in total. The Hall–Kier alpha value is -1.73. The first kappa shape index (κ1) is 15.3. The third-order valence-corrected chi connectivity index (χ3v) is 2.05. The summed E-state index contributed by atoms with van der Waals surface area (Å²) in [5, 5.41) is 7.00. The Morgan fingerprint density at radius 2 is 1.88 bits per heavy atom. The monoisotopic (exact) mass is 240 g/mol. The predicted molar refractivity (Wildman–Crippen MR) is 61.7 cm³/mol. The summed E-state index contributed by atoms with van der Waals surface area (Å²) in [4.78, 5) is 10.3. The number of terminal acetylenes is 1. The highest BCUT2D eigenvalue weighted by Crippen LogP contribution is 2.16. The molecule has 0 unspecified atom stereocenters. The maximum Gasteiger partial charge on any atom is 0.150 e. The molecule has 92 valence electrons. The van der Waals surface area contributed by atoms with Gasteiger partial charge in [0.1, 0.15) is 17.9 Å². The van der Waals surface area contributed by atoms with Gasteiger partial charge in [-0.05, 0) is 25.0 Å². The minimum Gasteiger partial charge on any atom is -0.400 e. The van der Waals surface area contributed by atoms with Crippen molar-refractivity contribution >= 4 is 6.29 Å². The van der Waals surface area contributed by atoms with Crippen LogP contribution >= 0.6 is 0 Å². The maximum atomic E-state index is 13.3. The lowest BCUT2D eigenvalue weighted by molar-refractivity contribution is 0.112. The lowest BCUT2D eigenvalue weighted by Crippen LogP contribution is -1.98. The molecule has 1 aromatic carbocycles. The van der Waals surface area contributed by atoms with Gasteiger partial charge in [0.25, 0.3) is 0 Å². The molecule has 0 aliphatic carbocycles. The third kappa shape index (κ3) is 4.75. The maximum absolute atomic E-state index is 13.3. The van der Waals surface area contributed by atoms with Gasteiger partial charge in [0, 0.05) is 24.7 Å². The molecule has 0 aliphatic heterocycles. The highest BCUT2D eigenvalue weighted by molar-refractivity contribution is 5.74. The van der Waals surface area contributed by atoms with E-state index in [-0.39, 0.29) is 17.5 Å². The molecule has 1 aromatic rings. The Labute approximate surface area is 99.3 Å². The molecule has 0 saturated heterocycles. The van der Waals surface area contributed by atoms with E-state index in [4.69, 9.17) is 11.5 Å². The van der Waals surface area contributed by atoms with Crippen LogP contribution in [0.4, 0.5) is 8.78 Å². The third-order valence-electron chi connectivity index (χ3n) is 2.05. The second-order valence-corrected chi connectivity index (χ2v) is 3.14. The van der Waals surface area contributed by atoms with Crippen molar-refractivity contribution in [1.29, 1.82) is 0 Å². The molecular weight excluding hydrogens is 226 g/mol. The van der Waals surface area contributed by atoms with Crippen molar-refractivity contribution in [2.24, 2.45) is 0 Å². The quantitative estimate of drug-likeness (QED) is 0.498. The lowest BCUT2D eigenvalue weighted by Gasteiger charge is -2.04. The molecule has 0 amide bonds. The number of halogens is 2. The van der Waals surface area contributed by atoms with Gasteiger partial charge in [-0.3, -0.25) is 4.79 Å². The fourth-order valence-electron chi connectivity index (χ4n) is 1.30. The number of benzene rings is 1. The fourth-order valence-corrected chi connectivity index (χ4v) is 1.30. The summed E-state index contributed by atoms with van der Waals surface area (Å²) in [5.74, 6) is 1.03. The summed E-state index contributed by atoms with van der Waals surface area (Å²) in [6.07, 6.45) is 6.71. The van der Waals surface area contributed by atoms with Crippen molar-refractivity contribution in [2.75, 3.05) is 7.11 Å². The van der Waals surface area contributed by atoms with Crippen LogP contribution in [-0.4, -0.2) is 18.5 Å². The van der Waals surface area contributed by atoms with Crippen LogP contribution < -0.4 is 0 Å². The second-order valence-electron chi connectivity index (χ2n) is 3.14. The number of aliphatic hydroxyl groups excluding tert-OH is 1. The molecule has 0 aliphatic rings. The first-order chi connectivity index (χ1) is 8.19. The van der Waals surface area contributed by atoms with E-state index >= 15 is 0 Å². The number of aldehydes is 1. The van der Waals surface area contributed by atoms with Crippen molar-refractivity contribution in [1.82, 2.24) is 0 Å². The lowest BCUT2D eigenvalue weighted by atomic mass is 10.0. The summed E-state index contributed by atoms with van der Waals surface area (Å²) in [5.41, 5.74) is 0.00144. The van der Waals surface area contributed by atoms with Gasteiger partial charge in [0.15, 0.2) is 0 Å². The van der Waals surface area contributed by atoms with E-state index in [2.05, 4.69) is 5.92 Å². The summed E-state index contributed by atoms with van der Waals surface area (Å²) in [6.45, 7) is 0. The van der Waals surface area contributed by atoms with Crippen LogP contribution in [0.15, 0.2) is 12.1 Å². The molecule has 0 fully saturated rings. The largest absolute Gasteiger partial charge is 0.400 e. The zero-order valence-electron chi connectivity index (χ0n) is 9.54. The van der Waals surface area contributed by atoms with Gasteiger partial charge >= 0.3 is 0 Å². The molecule has 0 atom stereocenters. The van der Waals surface area contributed by atoms with Gasteiger partial charge < -0.3 is 5.11 Å². The molecule has 1 N–H and O–H groups in total. The van der Waals surface area contributed by atoms with Crippen LogP contribution in [0, 0.1) is 24.0 Å². The van der Waals surface area contributed by atoms with Gasteiger partial charge in [-0.1, -0.05) is 0 Å². The topological polar surface area (TPSA) is 37.3 Å². The standard InChI is InChI=1S/C12H10F2O.CH4O/c1-2-3-4-5-10-11(13)6-9(8-15)7-12(10)14;1-2/h1,6-8H,3-5H2;2H,1H3. The Morgan fingerprint density at radius 3 is 2.29 bits per heavy atom. The molecule has 0 radical (unpaired) electrons. The molecule has 0 saturated carbocycles. The highest BCUT2D eigenvalue weighted by atomic mass is 19.1. The van der Waals surface area contributed by atoms with Crippen molar-refractivity contribution in [3.05, 3.63) is 34.9 Å². The minimum atomic E-state index is -0.686. The SMILES string of the molecule is C#CCCCc1c(F)cc(C=O)cc1F.CO. The summed E-state index contributed by atoms with van der Waals surface area (Å²) in [7, 11) is 1.00. The molecule has 1 rings (SSSR count). The number of hydrogen-bond acceptors (Lipinski definition) is 2. The summed E-state index contributed by atoms with van der Waals surface area (Å²) < 4.78 is 26.5. The van der Waals surface area contributed by atoms with E-state index in [0.29, 0.717) is 19.1 Å². The van der Waals surface area contributed by atoms with Crippen molar-refractivity contribution in [3.63, 3.8) is 0 Å². The molecule has 4 heteroatoms. The first-order valence-electron chi connectivity index (χ1n) is 5.00. The van der Waals surface area contributed by atoms with E-state index in [9.17, 15) is 13.6 Å². The molecular formula is C13H14F2O2. The molecule has 0 spiro atoms. The van der Waals surface area contributed by atoms with E-state index in [1.165, 1.54) is 0 Å². The van der Waals surface area contributed by atoms with Gasteiger partial charge in [-0.25, -0.2) is 8.78 Å². The number of carbonyl (C=O) groups is 1.